The second-order valence-electron chi connectivity index (χ2n) is 20.7. The van der Waals surface area contributed by atoms with Crippen LogP contribution in [0.1, 0.15) is 138 Å². The van der Waals surface area contributed by atoms with Gasteiger partial charge in [0.15, 0.2) is 0 Å². The monoisotopic (exact) mass is 1250 g/mol. The molecule has 18 N–H and O–H groups in total. The molecule has 0 aliphatic heterocycles. The molecule has 4 atom stereocenters. The van der Waals surface area contributed by atoms with Crippen LogP contribution >= 0.6 is 0 Å². The zero-order valence-corrected chi connectivity index (χ0v) is 51.7. The maximum atomic E-state index is 14.3. The average Bonchev–Trinajstić information content (AvgIpc) is 2.15. The van der Waals surface area contributed by atoms with Crippen LogP contribution in [0.2, 0.25) is 0 Å². The summed E-state index contributed by atoms with van der Waals surface area (Å²) in [6.07, 6.45) is 4.74. The summed E-state index contributed by atoms with van der Waals surface area (Å²) in [6, 6.07) is 12.6. The zero-order valence-electron chi connectivity index (χ0n) is 51.7. The normalized spacial score (nSPS) is 12.1. The molecule has 28 nitrogen and oxygen atoms in total. The van der Waals surface area contributed by atoms with E-state index in [9.17, 15) is 47.9 Å². The number of esters is 1. The first-order valence-electron chi connectivity index (χ1n) is 29.7. The van der Waals surface area contributed by atoms with Gasteiger partial charge in [0.25, 0.3) is 23.6 Å². The highest BCUT2D eigenvalue weighted by atomic mass is 16.5. The molecule has 490 valence electrons. The number of nitrogens with one attached hydrogen (secondary N) is 8. The predicted octanol–water partition coefficient (Wildman–Crippen LogP) is 3.31. The Bertz CT molecular complexity index is 3110. The van der Waals surface area contributed by atoms with E-state index in [1.54, 1.807) is 6.92 Å². The van der Waals surface area contributed by atoms with Crippen molar-refractivity contribution in [2.75, 3.05) is 82.5 Å². The van der Waals surface area contributed by atoms with E-state index in [1.807, 2.05) is 0 Å². The Balaban J connectivity index is 1.56. The smallest absolute Gasteiger partial charge is 0.315 e. The number of hydrogen-bond donors (Lipinski definition) is 13. The highest BCUT2D eigenvalue weighted by Gasteiger charge is 2.30. The first kappa shape index (κ1) is 73.1. The van der Waals surface area contributed by atoms with Crippen molar-refractivity contribution in [1.82, 2.24) is 21.3 Å². The molecule has 4 aromatic rings. The van der Waals surface area contributed by atoms with Crippen LogP contribution in [0.3, 0.4) is 0 Å². The maximum absolute atomic E-state index is 14.3. The summed E-state index contributed by atoms with van der Waals surface area (Å²) >= 11 is 0. The number of carbonyl (C=O) groups excluding carboxylic acids is 10. The van der Waals surface area contributed by atoms with Crippen LogP contribution in [-0.2, 0) is 33.5 Å². The van der Waals surface area contributed by atoms with Gasteiger partial charge >= 0.3 is 5.97 Å². The van der Waals surface area contributed by atoms with Gasteiger partial charge in [0.05, 0.1) is 57.3 Å². The van der Waals surface area contributed by atoms with Crippen LogP contribution in [-0.4, -0.2) is 145 Å². The molecule has 0 spiro atoms. The largest absolute Gasteiger partial charge is 0.496 e. The fourth-order valence-corrected chi connectivity index (χ4v) is 9.31. The molecular weight excluding hydrogens is 1170 g/mol. The molecule has 0 heterocycles. The summed E-state index contributed by atoms with van der Waals surface area (Å²) in [5.41, 5.74) is 29.0. The first-order valence-corrected chi connectivity index (χ1v) is 29.7. The molecule has 28 heteroatoms. The Morgan fingerprint density at radius 2 is 0.667 bits per heavy atom. The van der Waals surface area contributed by atoms with Crippen molar-refractivity contribution >= 4 is 81.9 Å². The van der Waals surface area contributed by atoms with Crippen molar-refractivity contribution in [3.05, 3.63) is 95.1 Å². The van der Waals surface area contributed by atoms with Gasteiger partial charge in [-0.25, -0.2) is 0 Å². The van der Waals surface area contributed by atoms with Crippen molar-refractivity contribution < 1.29 is 71.6 Å². The molecular formula is C62H87N13O15. The number of rotatable bonds is 40. The Hall–Kier alpha value is -9.38. The van der Waals surface area contributed by atoms with E-state index in [0.29, 0.717) is 84.0 Å². The van der Waals surface area contributed by atoms with E-state index < -0.39 is 89.7 Å². The molecule has 0 bridgehead atoms. The van der Waals surface area contributed by atoms with Gasteiger partial charge in [0, 0.05) is 22.7 Å². The molecule has 0 aliphatic carbocycles. The fraction of sp³-hybridized carbons (Fsp3) is 0.452. The van der Waals surface area contributed by atoms with E-state index in [-0.39, 0.29) is 100 Å². The van der Waals surface area contributed by atoms with Crippen molar-refractivity contribution in [2.24, 2.45) is 28.7 Å². The summed E-state index contributed by atoms with van der Waals surface area (Å²) in [7, 11) is 5.38. The molecule has 0 saturated carbocycles. The molecule has 4 aromatic carbocycles. The number of ether oxygens (including phenoxy) is 5. The van der Waals surface area contributed by atoms with Crippen LogP contribution in [0.4, 0.5) is 22.7 Å². The van der Waals surface area contributed by atoms with Gasteiger partial charge in [-0.15, -0.1) is 0 Å². The first-order chi connectivity index (χ1) is 43.3. The summed E-state index contributed by atoms with van der Waals surface area (Å²) < 4.78 is 26.7. The Labute approximate surface area is 523 Å². The molecule has 0 unspecified atom stereocenters. The number of anilines is 4. The quantitative estimate of drug-likeness (QED) is 0.0173. The SMILES string of the molecule is CCOC(=O)CC(=O)N[C@@H](CCCCN)C(=O)Nc1ccc(OC)c(C(=O)N[C@@H](CCCCN)C(=O)Nc2ccc(OC)c(C(=O)N[C@@H](CCCCN)C(=O)Nc3ccc(OC)c(C(=O)N[C@@H](CCCCCN)C(=O)Nc4ccc(OC)c(C(N)=O)c4)c3)c2)c1. The van der Waals surface area contributed by atoms with Crippen molar-refractivity contribution in [3.63, 3.8) is 0 Å². The lowest BCUT2D eigenvalue weighted by atomic mass is 10.0. The third-order valence-corrected chi connectivity index (χ3v) is 14.0. The van der Waals surface area contributed by atoms with Gasteiger partial charge in [-0.05, 0) is 177 Å². The number of methoxy groups -OCH3 is 4. The third-order valence-electron chi connectivity index (χ3n) is 14.0. The number of carbonyl (C=O) groups is 10. The second kappa shape index (κ2) is 38.8. The van der Waals surface area contributed by atoms with Crippen molar-refractivity contribution in [3.8, 4) is 23.0 Å². The number of nitrogens with two attached hydrogens (primary N) is 5. The summed E-state index contributed by atoms with van der Waals surface area (Å²) in [5.74, 6) is -6.61. The van der Waals surface area contributed by atoms with E-state index in [1.165, 1.54) is 101 Å². The number of unbranched alkanes of at least 4 members (excludes halogenated alkanes) is 5. The molecule has 0 radical (unpaired) electrons. The van der Waals surface area contributed by atoms with E-state index in [4.69, 9.17) is 52.4 Å². The topological polar surface area (TPSA) is 443 Å². The fourth-order valence-electron chi connectivity index (χ4n) is 9.31. The zero-order chi connectivity index (χ0) is 66.1. The van der Waals surface area contributed by atoms with Gasteiger partial charge in [-0.2, -0.15) is 0 Å². The molecule has 0 aliphatic rings. The highest BCUT2D eigenvalue weighted by Crippen LogP contribution is 2.28. The minimum Gasteiger partial charge on any atom is -0.496 e. The van der Waals surface area contributed by atoms with Crippen LogP contribution in [0, 0.1) is 0 Å². The Morgan fingerprint density at radius 1 is 0.389 bits per heavy atom. The lowest BCUT2D eigenvalue weighted by Crippen LogP contribution is -2.45. The summed E-state index contributed by atoms with van der Waals surface area (Å²) in [5, 5.41) is 21.9. The average molecular weight is 1250 g/mol. The third kappa shape index (κ3) is 23.3. The Kier molecular flexibility index (Phi) is 31.5. The Morgan fingerprint density at radius 3 is 0.956 bits per heavy atom. The van der Waals surface area contributed by atoms with E-state index in [0.717, 1.165) is 0 Å². The maximum Gasteiger partial charge on any atom is 0.315 e. The van der Waals surface area contributed by atoms with Crippen LogP contribution in [0.25, 0.3) is 0 Å². The molecule has 90 heavy (non-hydrogen) atoms. The molecule has 0 aromatic heterocycles. The van der Waals surface area contributed by atoms with Gasteiger partial charge in [0.1, 0.15) is 53.6 Å². The van der Waals surface area contributed by atoms with Crippen molar-refractivity contribution in [1.29, 1.82) is 0 Å². The van der Waals surface area contributed by atoms with E-state index >= 15 is 0 Å². The lowest BCUT2D eigenvalue weighted by Gasteiger charge is -2.22. The molecule has 9 amide bonds. The van der Waals surface area contributed by atoms with Crippen LogP contribution < -0.4 is 90.2 Å². The van der Waals surface area contributed by atoms with Crippen molar-refractivity contribution in [2.45, 2.75) is 121 Å². The van der Waals surface area contributed by atoms with Gasteiger partial charge in [0.2, 0.25) is 29.5 Å². The number of benzene rings is 4. The minimum atomic E-state index is -1.20. The minimum absolute atomic E-state index is 0.0298. The summed E-state index contributed by atoms with van der Waals surface area (Å²) in [4.78, 5) is 135. The molecule has 0 fully saturated rings. The highest BCUT2D eigenvalue weighted by molar-refractivity contribution is 6.08. The second-order valence-corrected chi connectivity index (χ2v) is 20.7. The number of hydrogen-bond acceptors (Lipinski definition) is 19. The van der Waals surface area contributed by atoms with Gasteiger partial charge in [-0.3, -0.25) is 47.9 Å². The predicted molar refractivity (Wildman–Crippen MR) is 338 cm³/mol. The van der Waals surface area contributed by atoms with E-state index in [2.05, 4.69) is 42.5 Å². The standard InChI is InChI=1S/C62H87N13O15/c1-6-90-54(77)36-53(76)72-45(17-9-13-29-64)59(82)69-38-21-25-50(87-3)42(33-38)57(80)74-47(18-10-14-30-65)61(84)71-40-23-27-52(89-5)44(35-40)58(81)75-48(19-11-15-31-66)62(85)70-39-22-26-51(88-4)43(34-39)56(79)73-46(16-8-7-12-28-63)60(83)68-37-20-24-49(86-2)41(32-37)55(67)78/h20-27,32-35,45-48H,6-19,28-31,36,63-66H2,1-5H3,(H2,67,78)(H,68,83)(H,69,82)(H,70,85)(H,71,84)(H,72,76)(H,73,79)(H,74,80)(H,75,81)/t45-,46-,47-,48-/m0/s1. The van der Waals surface area contributed by atoms with Gasteiger partial charge in [-0.1, -0.05) is 12.8 Å². The van der Waals surface area contributed by atoms with Crippen LogP contribution in [0.5, 0.6) is 23.0 Å². The lowest BCUT2D eigenvalue weighted by molar-refractivity contribution is -0.146. The number of amides is 9. The number of primary amides is 1. The summed E-state index contributed by atoms with van der Waals surface area (Å²) in [6.45, 7) is 3.03. The molecule has 4 rings (SSSR count). The molecule has 0 saturated heterocycles. The van der Waals surface area contributed by atoms with Gasteiger partial charge < -0.3 is 94.9 Å². The van der Waals surface area contributed by atoms with Crippen LogP contribution in [0.15, 0.2) is 72.8 Å².